The molecule has 7 nitrogen and oxygen atoms in total. The van der Waals surface area contributed by atoms with Gasteiger partial charge in [-0.05, 0) is 69.5 Å². The van der Waals surface area contributed by atoms with E-state index >= 15 is 0 Å². The Morgan fingerprint density at radius 3 is 1.94 bits per heavy atom. The summed E-state index contributed by atoms with van der Waals surface area (Å²) in [5.41, 5.74) is 0.681. The molecule has 1 aromatic carbocycles. The standard InChI is InChI=1S/C24H36N4O3.ClH/c29-23(26-16-18-28(19-17-26)24(30)27-14-4-5-15-27)21-7-9-22(10-8-21)31-20-6-13-25-11-2-1-3-12-25;/h7-10H,1-6,11-20H2;1H. The maximum absolute atomic E-state index is 12.8. The number of amides is 3. The molecule has 3 aliphatic heterocycles. The van der Waals surface area contributed by atoms with Crippen molar-refractivity contribution in [2.24, 2.45) is 0 Å². The van der Waals surface area contributed by atoms with Crippen molar-refractivity contribution in [3.63, 3.8) is 0 Å². The second-order valence-electron chi connectivity index (χ2n) is 8.88. The van der Waals surface area contributed by atoms with E-state index in [2.05, 4.69) is 4.90 Å². The molecule has 3 saturated heterocycles. The molecule has 1 aromatic rings. The van der Waals surface area contributed by atoms with Crippen LogP contribution in [0.1, 0.15) is 48.9 Å². The van der Waals surface area contributed by atoms with Crippen molar-refractivity contribution >= 4 is 24.3 Å². The molecule has 178 valence electrons. The lowest BCUT2D eigenvalue weighted by atomic mass is 10.1. The highest BCUT2D eigenvalue weighted by Gasteiger charge is 2.28. The molecule has 0 saturated carbocycles. The number of likely N-dealkylation sites (tertiary alicyclic amines) is 2. The average molecular weight is 465 g/mol. The Morgan fingerprint density at radius 2 is 1.28 bits per heavy atom. The summed E-state index contributed by atoms with van der Waals surface area (Å²) in [4.78, 5) is 33.5. The highest BCUT2D eigenvalue weighted by atomic mass is 35.5. The molecular weight excluding hydrogens is 428 g/mol. The van der Waals surface area contributed by atoms with Crippen LogP contribution < -0.4 is 4.74 Å². The summed E-state index contributed by atoms with van der Waals surface area (Å²) < 4.78 is 5.87. The third-order valence-electron chi connectivity index (χ3n) is 6.65. The first kappa shape index (κ1) is 24.6. The maximum atomic E-state index is 12.8. The average Bonchev–Trinajstić information content (AvgIpc) is 3.37. The van der Waals surface area contributed by atoms with Crippen LogP contribution in [0.5, 0.6) is 5.75 Å². The zero-order chi connectivity index (χ0) is 21.5. The van der Waals surface area contributed by atoms with E-state index < -0.39 is 0 Å². The van der Waals surface area contributed by atoms with Crippen molar-refractivity contribution in [1.82, 2.24) is 19.6 Å². The Labute approximate surface area is 198 Å². The van der Waals surface area contributed by atoms with Gasteiger partial charge in [-0.1, -0.05) is 6.42 Å². The van der Waals surface area contributed by atoms with Gasteiger partial charge in [0.2, 0.25) is 0 Å². The van der Waals surface area contributed by atoms with Gasteiger partial charge < -0.3 is 24.3 Å². The number of ether oxygens (including phenoxy) is 1. The van der Waals surface area contributed by atoms with E-state index in [4.69, 9.17) is 4.74 Å². The van der Waals surface area contributed by atoms with E-state index in [1.165, 1.54) is 32.4 Å². The zero-order valence-corrected chi connectivity index (χ0v) is 19.9. The number of carbonyl (C=O) groups excluding carboxylic acids is 2. The highest BCUT2D eigenvalue weighted by molar-refractivity contribution is 5.94. The third-order valence-corrected chi connectivity index (χ3v) is 6.65. The third kappa shape index (κ3) is 6.51. The molecule has 0 aliphatic carbocycles. The fraction of sp³-hybridized carbons (Fsp3) is 0.667. The first-order chi connectivity index (χ1) is 15.2. The summed E-state index contributed by atoms with van der Waals surface area (Å²) in [7, 11) is 0. The number of urea groups is 1. The number of piperazine rings is 1. The molecule has 32 heavy (non-hydrogen) atoms. The SMILES string of the molecule is Cl.O=C(c1ccc(OCCCN2CCCCC2)cc1)N1CCN(C(=O)N2CCCC2)CC1. The fourth-order valence-electron chi connectivity index (χ4n) is 4.75. The molecule has 0 unspecified atom stereocenters. The number of rotatable bonds is 6. The van der Waals surface area contributed by atoms with Gasteiger partial charge in [-0.15, -0.1) is 12.4 Å². The molecule has 0 bridgehead atoms. The number of piperidine rings is 1. The zero-order valence-electron chi connectivity index (χ0n) is 19.0. The largest absolute Gasteiger partial charge is 0.494 e. The highest BCUT2D eigenvalue weighted by Crippen LogP contribution is 2.17. The number of hydrogen-bond donors (Lipinski definition) is 0. The monoisotopic (exact) mass is 464 g/mol. The predicted octanol–water partition coefficient (Wildman–Crippen LogP) is 3.34. The Morgan fingerprint density at radius 1 is 0.719 bits per heavy atom. The molecule has 0 spiro atoms. The predicted molar refractivity (Wildman–Crippen MR) is 128 cm³/mol. The second-order valence-corrected chi connectivity index (χ2v) is 8.88. The molecule has 3 heterocycles. The lowest BCUT2D eigenvalue weighted by Crippen LogP contribution is -2.53. The summed E-state index contributed by atoms with van der Waals surface area (Å²) >= 11 is 0. The molecule has 0 N–H and O–H groups in total. The van der Waals surface area contributed by atoms with Crippen molar-refractivity contribution in [2.45, 2.75) is 38.5 Å². The normalized spacial score (nSPS) is 19.6. The van der Waals surface area contributed by atoms with Gasteiger partial charge in [-0.3, -0.25) is 4.79 Å². The summed E-state index contributed by atoms with van der Waals surface area (Å²) in [5, 5.41) is 0. The molecule has 0 atom stereocenters. The minimum atomic E-state index is 0. The van der Waals surface area contributed by atoms with Crippen LogP contribution in [0.4, 0.5) is 4.79 Å². The quantitative estimate of drug-likeness (QED) is 0.606. The number of halogens is 1. The van der Waals surface area contributed by atoms with E-state index in [9.17, 15) is 9.59 Å². The van der Waals surface area contributed by atoms with Crippen molar-refractivity contribution in [2.75, 3.05) is 65.5 Å². The minimum absolute atomic E-state index is 0. The molecule has 4 rings (SSSR count). The summed E-state index contributed by atoms with van der Waals surface area (Å²) in [5.74, 6) is 0.848. The van der Waals surface area contributed by atoms with E-state index in [0.717, 1.165) is 44.6 Å². The van der Waals surface area contributed by atoms with Crippen molar-refractivity contribution in [3.05, 3.63) is 29.8 Å². The summed E-state index contributed by atoms with van der Waals surface area (Å²) in [6.45, 7) is 8.38. The van der Waals surface area contributed by atoms with Gasteiger partial charge in [0.1, 0.15) is 5.75 Å². The van der Waals surface area contributed by atoms with Crippen molar-refractivity contribution < 1.29 is 14.3 Å². The number of hydrogen-bond acceptors (Lipinski definition) is 4. The van der Waals surface area contributed by atoms with Crippen molar-refractivity contribution in [1.29, 1.82) is 0 Å². The van der Waals surface area contributed by atoms with Gasteiger partial charge in [0.15, 0.2) is 0 Å². The van der Waals surface area contributed by atoms with E-state index in [1.54, 1.807) is 0 Å². The van der Waals surface area contributed by atoms with E-state index in [1.807, 2.05) is 39.0 Å². The molecule has 0 radical (unpaired) electrons. The van der Waals surface area contributed by atoms with Crippen LogP contribution in [0, 0.1) is 0 Å². The second kappa shape index (κ2) is 12.3. The van der Waals surface area contributed by atoms with Crippen LogP contribution in [0.15, 0.2) is 24.3 Å². The van der Waals surface area contributed by atoms with Crippen LogP contribution in [0.3, 0.4) is 0 Å². The lowest BCUT2D eigenvalue weighted by Gasteiger charge is -2.36. The van der Waals surface area contributed by atoms with Crippen LogP contribution in [0.25, 0.3) is 0 Å². The molecule has 0 aromatic heterocycles. The number of carbonyl (C=O) groups is 2. The van der Waals surface area contributed by atoms with Gasteiger partial charge in [-0.25, -0.2) is 4.79 Å². The Bertz CT molecular complexity index is 725. The topological polar surface area (TPSA) is 56.3 Å². The Balaban J connectivity index is 0.00000289. The van der Waals surface area contributed by atoms with Crippen LogP contribution in [-0.4, -0.2) is 97.0 Å². The summed E-state index contributed by atoms with van der Waals surface area (Å²) in [6, 6.07) is 7.61. The van der Waals surface area contributed by atoms with Crippen molar-refractivity contribution in [3.8, 4) is 5.75 Å². The fourth-order valence-corrected chi connectivity index (χ4v) is 4.75. The first-order valence-corrected chi connectivity index (χ1v) is 12.0. The number of benzene rings is 1. The Hall–Kier alpha value is -1.99. The van der Waals surface area contributed by atoms with Crippen LogP contribution in [-0.2, 0) is 0 Å². The minimum Gasteiger partial charge on any atom is -0.494 e. The molecular formula is C24H37ClN4O3. The molecule has 3 amide bonds. The van der Waals surface area contributed by atoms with Gasteiger partial charge in [0, 0.05) is 51.4 Å². The smallest absolute Gasteiger partial charge is 0.320 e. The van der Waals surface area contributed by atoms with Crippen LogP contribution in [0.2, 0.25) is 0 Å². The van der Waals surface area contributed by atoms with Gasteiger partial charge >= 0.3 is 6.03 Å². The van der Waals surface area contributed by atoms with Gasteiger partial charge in [0.25, 0.3) is 5.91 Å². The maximum Gasteiger partial charge on any atom is 0.320 e. The Kier molecular flexibility index (Phi) is 9.48. The van der Waals surface area contributed by atoms with Crippen LogP contribution >= 0.6 is 12.4 Å². The van der Waals surface area contributed by atoms with Gasteiger partial charge in [0.05, 0.1) is 6.61 Å². The molecule has 8 heteroatoms. The molecule has 3 fully saturated rings. The first-order valence-electron chi connectivity index (χ1n) is 12.0. The van der Waals surface area contributed by atoms with E-state index in [0.29, 0.717) is 38.3 Å². The van der Waals surface area contributed by atoms with Gasteiger partial charge in [-0.2, -0.15) is 0 Å². The van der Waals surface area contributed by atoms with E-state index in [-0.39, 0.29) is 24.3 Å². The summed E-state index contributed by atoms with van der Waals surface area (Å²) in [6.07, 6.45) is 7.23. The molecule has 3 aliphatic rings. The lowest BCUT2D eigenvalue weighted by molar-refractivity contribution is 0.0645. The number of nitrogens with zero attached hydrogens (tertiary/aromatic N) is 4.